The molecule has 5 N–H and O–H groups in total. The minimum absolute atomic E-state index is 0.000230. The number of fused-ring (bicyclic) bond motifs is 3. The number of carboxylic acids is 1. The molecule has 4 aromatic heterocycles. The van der Waals surface area contributed by atoms with Gasteiger partial charge in [0, 0.05) is 88.4 Å². The van der Waals surface area contributed by atoms with E-state index in [2.05, 4.69) is 62.5 Å². The van der Waals surface area contributed by atoms with Gasteiger partial charge < -0.3 is 46.0 Å². The number of halogens is 1. The predicted molar refractivity (Wildman–Crippen MR) is 378 cm³/mol. The Morgan fingerprint density at radius 1 is 0.521 bits per heavy atom. The van der Waals surface area contributed by atoms with Crippen LogP contribution in [0.15, 0.2) is 122 Å². The number of aromatic nitrogens is 8. The first kappa shape index (κ1) is 71.3. The molecule has 3 saturated carbocycles. The molecule has 6 aliphatic rings. The number of benzene rings is 3. The number of carbonyl (C=O) groups excluding carboxylic acids is 5. The molecule has 0 bridgehead atoms. The van der Waals surface area contributed by atoms with Gasteiger partial charge >= 0.3 is 0 Å². The standard InChI is InChI=1S/C24H26N6O.C22H25BrN4O2.C22H26N4O2.C2H8N2.C2H4O2/c1-3-18-24(31)29(2)19-15-27-22(28-23(19)30(18)17-11-7-8-12-17)21-20(25-13-14-26-21)16-9-5-4-6-10-16;1-3-16-22(29)26(2)17-13-24-20(18(23)19(28)14-9-5-4-6-10-14)25-21(17)27(16)15-11-7-8-12-15;1-3-17-22(28)25(2)18-14-23-20(13-19(27)15-9-5-4-6-10-15)24-21(18)26(17)16-11-7-8-12-16;3-1-2-4;1-2(3)4/h4-6,9-10,13-15,17-18H,3,7-8,11-12H2,1-2H3;4-6,9-10,13,15-16,18H,3,7-8,11-12H2,1-2H3;4-6,9-10,14,16-17H,3,7-8,11-13H2,1-2H3;1-4H2;1H3,(H,3,4)/t18-;16-,18?;17-;;/m111../s1. The van der Waals surface area contributed by atoms with Crippen LogP contribution in [0, 0.1) is 0 Å². The maximum atomic E-state index is 13.1. The molecule has 23 nitrogen and oxygen atoms in total. The van der Waals surface area contributed by atoms with E-state index in [0.29, 0.717) is 71.2 Å². The van der Waals surface area contributed by atoms with Crippen LogP contribution in [-0.4, -0.2) is 151 Å². The lowest BCUT2D eigenvalue weighted by Crippen LogP contribution is -2.55. The number of nitrogens with two attached hydrogens (primary N) is 2. The van der Waals surface area contributed by atoms with Crippen LogP contribution in [0.3, 0.4) is 0 Å². The van der Waals surface area contributed by atoms with Crippen molar-refractivity contribution in [1.82, 2.24) is 39.9 Å². The number of likely N-dealkylation sites (N-methyl/N-ethyl adjacent to an activating group) is 3. The number of ketones is 2. The molecule has 1 unspecified atom stereocenters. The largest absolute Gasteiger partial charge is 0.481 e. The molecule has 0 spiro atoms. The Morgan fingerprint density at radius 3 is 1.32 bits per heavy atom. The molecule has 3 amide bonds. The van der Waals surface area contributed by atoms with E-state index in [1.807, 2.05) is 99.8 Å². The molecule has 96 heavy (non-hydrogen) atoms. The fraction of sp³-hybridized carbons (Fsp3) is 0.444. The summed E-state index contributed by atoms with van der Waals surface area (Å²) >= 11 is 3.50. The van der Waals surface area contributed by atoms with Crippen molar-refractivity contribution in [3.05, 3.63) is 145 Å². The number of carbonyl (C=O) groups is 6. The maximum absolute atomic E-state index is 13.1. The van der Waals surface area contributed by atoms with Crippen molar-refractivity contribution in [2.75, 3.05) is 63.6 Å². The second-order valence-electron chi connectivity index (χ2n) is 24.6. The molecule has 3 fully saturated rings. The summed E-state index contributed by atoms with van der Waals surface area (Å²) in [5.41, 5.74) is 15.7. The van der Waals surface area contributed by atoms with Gasteiger partial charge in [-0.3, -0.25) is 33.8 Å². The summed E-state index contributed by atoms with van der Waals surface area (Å²) in [6, 6.07) is 28.7. The van der Waals surface area contributed by atoms with Gasteiger partial charge in [0.2, 0.25) is 17.7 Å². The molecule has 3 aliphatic carbocycles. The normalized spacial score (nSPS) is 18.7. The van der Waals surface area contributed by atoms with E-state index in [1.165, 1.54) is 38.5 Å². The number of amides is 3. The van der Waals surface area contributed by atoms with Crippen LogP contribution in [0.2, 0.25) is 0 Å². The van der Waals surface area contributed by atoms with E-state index in [4.69, 9.17) is 36.3 Å². The highest BCUT2D eigenvalue weighted by Gasteiger charge is 2.45. The summed E-state index contributed by atoms with van der Waals surface area (Å²) in [5, 5.41) is 7.42. The second-order valence-corrected chi connectivity index (χ2v) is 25.5. The Kier molecular flexibility index (Phi) is 24.9. The van der Waals surface area contributed by atoms with Gasteiger partial charge in [0.15, 0.2) is 40.7 Å². The number of hydrogen-bond donors (Lipinski definition) is 3. The van der Waals surface area contributed by atoms with E-state index in [-0.39, 0.29) is 53.8 Å². The monoisotopic (exact) mass is 1370 g/mol. The molecule has 0 radical (unpaired) electrons. The molecule has 24 heteroatoms. The van der Waals surface area contributed by atoms with Crippen molar-refractivity contribution in [1.29, 1.82) is 0 Å². The van der Waals surface area contributed by atoms with Crippen molar-refractivity contribution in [2.24, 2.45) is 11.5 Å². The molecular weight excluding hydrogens is 1280 g/mol. The van der Waals surface area contributed by atoms with Crippen molar-refractivity contribution >= 4 is 85.7 Å². The summed E-state index contributed by atoms with van der Waals surface area (Å²) in [5.74, 6) is 3.24. The van der Waals surface area contributed by atoms with E-state index in [1.54, 1.807) is 71.9 Å². The van der Waals surface area contributed by atoms with Gasteiger partial charge in [-0.1, -0.05) is 166 Å². The van der Waals surface area contributed by atoms with Crippen LogP contribution >= 0.6 is 15.9 Å². The minimum atomic E-state index is -0.833. The number of carboxylic acid groups (broad SMARTS) is 1. The van der Waals surface area contributed by atoms with Crippen LogP contribution in [0.25, 0.3) is 22.8 Å². The first-order valence-electron chi connectivity index (χ1n) is 33.5. The Labute approximate surface area is 570 Å². The minimum Gasteiger partial charge on any atom is -0.481 e. The fourth-order valence-electron chi connectivity index (χ4n) is 13.6. The summed E-state index contributed by atoms with van der Waals surface area (Å²) < 4.78 is 0. The summed E-state index contributed by atoms with van der Waals surface area (Å²) in [4.78, 5) is 122. The fourth-order valence-corrected chi connectivity index (χ4v) is 14.0. The third-order valence-electron chi connectivity index (χ3n) is 18.4. The van der Waals surface area contributed by atoms with E-state index >= 15 is 0 Å². The average Bonchev–Trinajstić information content (AvgIpc) is 0.783. The Bertz CT molecular complexity index is 3790. The molecule has 3 aromatic carbocycles. The predicted octanol–water partition coefficient (Wildman–Crippen LogP) is 10.8. The van der Waals surface area contributed by atoms with E-state index in [9.17, 15) is 24.0 Å². The topological polar surface area (TPSA) is 297 Å². The van der Waals surface area contributed by atoms with Gasteiger partial charge in [-0.2, -0.15) is 0 Å². The van der Waals surface area contributed by atoms with E-state index < -0.39 is 10.8 Å². The lowest BCUT2D eigenvalue weighted by Gasteiger charge is -2.43. The Hall–Kier alpha value is -9.00. The molecule has 506 valence electrons. The van der Waals surface area contributed by atoms with Crippen LogP contribution in [0.4, 0.5) is 34.5 Å². The Morgan fingerprint density at radius 2 is 0.896 bits per heavy atom. The van der Waals surface area contributed by atoms with Gasteiger partial charge in [0.25, 0.3) is 5.97 Å². The quantitative estimate of drug-likeness (QED) is 0.0635. The first-order chi connectivity index (χ1) is 46.5. The molecule has 13 rings (SSSR count). The molecule has 3 aliphatic heterocycles. The second kappa shape index (κ2) is 33.6. The average molecular weight is 1370 g/mol. The number of anilines is 6. The van der Waals surface area contributed by atoms with Gasteiger partial charge in [-0.05, 0) is 57.8 Å². The molecule has 4 atom stereocenters. The van der Waals surface area contributed by atoms with Gasteiger partial charge in [0.1, 0.15) is 51.5 Å². The number of Topliss-reactive ketones (excluding diaryl/α,β-unsaturated/α-hetero) is 2. The Balaban J connectivity index is 0.000000160. The van der Waals surface area contributed by atoms with Crippen molar-refractivity contribution in [3.63, 3.8) is 0 Å². The molecular formula is C72H89BrN16O7. The number of nitrogens with zero attached hydrogens (tertiary/aromatic N) is 14. The summed E-state index contributed by atoms with van der Waals surface area (Å²) in [6.07, 6.45) is 24.4. The third kappa shape index (κ3) is 16.1. The van der Waals surface area contributed by atoms with Gasteiger partial charge in [0.05, 0.1) is 30.7 Å². The maximum Gasteiger partial charge on any atom is 0.300 e. The molecule has 7 heterocycles. The number of alkyl halides is 1. The van der Waals surface area contributed by atoms with Gasteiger partial charge in [-0.15, -0.1) is 0 Å². The summed E-state index contributed by atoms with van der Waals surface area (Å²) in [6.45, 7) is 8.43. The number of hydrogen-bond acceptors (Lipinski definition) is 19. The lowest BCUT2D eigenvalue weighted by atomic mass is 10.0. The smallest absolute Gasteiger partial charge is 0.300 e. The molecule has 7 aromatic rings. The van der Waals surface area contributed by atoms with Crippen molar-refractivity contribution < 1.29 is 33.9 Å². The van der Waals surface area contributed by atoms with Crippen LogP contribution in [0.1, 0.15) is 161 Å². The van der Waals surface area contributed by atoms with Crippen LogP contribution < -0.4 is 40.9 Å². The van der Waals surface area contributed by atoms with Crippen LogP contribution in [0.5, 0.6) is 0 Å². The highest BCUT2D eigenvalue weighted by Crippen LogP contribution is 2.44. The first-order valence-corrected chi connectivity index (χ1v) is 34.4. The number of aliphatic carboxylic acids is 1. The van der Waals surface area contributed by atoms with Crippen molar-refractivity contribution in [2.45, 2.75) is 172 Å². The van der Waals surface area contributed by atoms with Crippen molar-refractivity contribution in [3.8, 4) is 22.8 Å². The lowest BCUT2D eigenvalue weighted by molar-refractivity contribution is -0.134. The third-order valence-corrected chi connectivity index (χ3v) is 19.2. The zero-order valence-corrected chi connectivity index (χ0v) is 57.6. The highest BCUT2D eigenvalue weighted by atomic mass is 79.9. The summed E-state index contributed by atoms with van der Waals surface area (Å²) in [7, 11) is 5.38. The SMILES string of the molecule is CC(=O)O.CC[C@@H]1C(=O)N(C)c2cnc(-c3nccnc3-c3ccccc3)nc2N1C1CCCC1.CC[C@@H]1C(=O)N(C)c2cnc(C(Br)C(=O)c3ccccc3)nc2N1C1CCCC1.CC[C@@H]1C(=O)N(C)c2cnc(CC(=O)c3ccccc3)nc2N1C1CCCC1.NCCN. The highest BCUT2D eigenvalue weighted by molar-refractivity contribution is 9.09. The molecule has 0 saturated heterocycles. The number of rotatable bonds is 15. The van der Waals surface area contributed by atoms with E-state index in [0.717, 1.165) is 105 Å². The van der Waals surface area contributed by atoms with Gasteiger partial charge in [-0.25, -0.2) is 34.9 Å². The zero-order chi connectivity index (χ0) is 68.6. The van der Waals surface area contributed by atoms with Crippen LogP contribution in [-0.2, 0) is 25.6 Å². The zero-order valence-electron chi connectivity index (χ0n) is 56.0.